The molecule has 1 aromatic carbocycles. The number of carbonyl (C=O) groups excluding carboxylic acids is 1. The molecule has 7 heteroatoms. The maximum Gasteiger partial charge on any atom is 0.233 e. The van der Waals surface area contributed by atoms with Crippen LogP contribution in [0.2, 0.25) is 0 Å². The third-order valence-electron chi connectivity index (χ3n) is 2.59. The summed E-state index contributed by atoms with van der Waals surface area (Å²) in [5.74, 6) is -0.0930. The molecule has 20 heavy (non-hydrogen) atoms. The summed E-state index contributed by atoms with van der Waals surface area (Å²) in [6.45, 7) is 5.00. The third kappa shape index (κ3) is 5.38. The Kier molecular flexibility index (Phi) is 5.83. The molecule has 2 N–H and O–H groups in total. The number of hydrogen-bond donors (Lipinski definition) is 2. The predicted octanol–water partition coefficient (Wildman–Crippen LogP) is 2.57. The summed E-state index contributed by atoms with van der Waals surface area (Å²) in [6.07, 6.45) is 0. The van der Waals surface area contributed by atoms with Gasteiger partial charge in [-0.1, -0.05) is 13.0 Å². The topological polar surface area (TPSA) is 75.3 Å². The van der Waals surface area contributed by atoms with Crippen molar-refractivity contribution in [2.75, 3.05) is 21.7 Å². The SMILES string of the molecule is CC(=O)Nc1cc(NS(=O)(=O)CC(C)CCl)ccc1C. The number of alkyl halides is 1. The van der Waals surface area contributed by atoms with Crippen molar-refractivity contribution < 1.29 is 13.2 Å². The Morgan fingerprint density at radius 1 is 1.40 bits per heavy atom. The Labute approximate surface area is 124 Å². The fourth-order valence-corrected chi connectivity index (χ4v) is 3.33. The van der Waals surface area contributed by atoms with Gasteiger partial charge in [-0.2, -0.15) is 0 Å². The molecule has 1 unspecified atom stereocenters. The molecule has 0 aliphatic rings. The van der Waals surface area contributed by atoms with Crippen LogP contribution < -0.4 is 10.0 Å². The average Bonchev–Trinajstić information content (AvgIpc) is 2.31. The smallest absolute Gasteiger partial charge is 0.233 e. The molecule has 0 heterocycles. The van der Waals surface area contributed by atoms with E-state index in [4.69, 9.17) is 11.6 Å². The second-order valence-corrected chi connectivity index (χ2v) is 6.93. The molecule has 1 amide bonds. The first kappa shape index (κ1) is 16.8. The van der Waals surface area contributed by atoms with Crippen LogP contribution in [0.4, 0.5) is 11.4 Å². The lowest BCUT2D eigenvalue weighted by atomic mass is 10.2. The van der Waals surface area contributed by atoms with E-state index in [1.807, 2.05) is 6.92 Å². The number of hydrogen-bond acceptors (Lipinski definition) is 3. The fourth-order valence-electron chi connectivity index (χ4n) is 1.65. The molecule has 0 bridgehead atoms. The van der Waals surface area contributed by atoms with Gasteiger partial charge in [-0.3, -0.25) is 9.52 Å². The van der Waals surface area contributed by atoms with Gasteiger partial charge in [0.2, 0.25) is 15.9 Å². The van der Waals surface area contributed by atoms with Gasteiger partial charge in [0.25, 0.3) is 0 Å². The van der Waals surface area contributed by atoms with Crippen LogP contribution in [0, 0.1) is 12.8 Å². The minimum absolute atomic E-state index is 0.0418. The monoisotopic (exact) mass is 318 g/mol. The second kappa shape index (κ2) is 6.95. The summed E-state index contributed by atoms with van der Waals surface area (Å²) < 4.78 is 26.3. The third-order valence-corrected chi connectivity index (χ3v) is 4.67. The number of amides is 1. The molecule has 112 valence electrons. The number of nitrogens with one attached hydrogen (secondary N) is 2. The standard InChI is InChI=1S/C13H19ClN2O3S/c1-9(7-14)8-20(18,19)16-12-5-4-10(2)13(6-12)15-11(3)17/h4-6,9,16H,7-8H2,1-3H3,(H,15,17). The van der Waals surface area contributed by atoms with Crippen molar-refractivity contribution in [3.63, 3.8) is 0 Å². The number of carbonyl (C=O) groups is 1. The second-order valence-electron chi connectivity index (χ2n) is 4.85. The lowest BCUT2D eigenvalue weighted by Crippen LogP contribution is -2.22. The molecule has 0 radical (unpaired) electrons. The van der Waals surface area contributed by atoms with Gasteiger partial charge < -0.3 is 5.32 Å². The van der Waals surface area contributed by atoms with E-state index in [-0.39, 0.29) is 23.5 Å². The van der Waals surface area contributed by atoms with Crippen LogP contribution in [0.1, 0.15) is 19.4 Å². The number of benzene rings is 1. The minimum Gasteiger partial charge on any atom is -0.326 e. The zero-order valence-electron chi connectivity index (χ0n) is 11.7. The first-order valence-corrected chi connectivity index (χ1v) is 8.37. The Balaban J connectivity index is 2.90. The molecule has 1 aromatic rings. The van der Waals surface area contributed by atoms with E-state index in [0.29, 0.717) is 11.4 Å². The Bertz CT molecular complexity index is 587. The van der Waals surface area contributed by atoms with Crippen molar-refractivity contribution >= 4 is 38.9 Å². The van der Waals surface area contributed by atoms with E-state index < -0.39 is 10.0 Å². The highest BCUT2D eigenvalue weighted by Crippen LogP contribution is 2.21. The molecular weight excluding hydrogens is 300 g/mol. The van der Waals surface area contributed by atoms with E-state index >= 15 is 0 Å². The maximum absolute atomic E-state index is 11.9. The Morgan fingerprint density at radius 2 is 2.05 bits per heavy atom. The van der Waals surface area contributed by atoms with Crippen LogP contribution in [0.5, 0.6) is 0 Å². The predicted molar refractivity (Wildman–Crippen MR) is 82.8 cm³/mol. The highest BCUT2D eigenvalue weighted by atomic mass is 35.5. The summed E-state index contributed by atoms with van der Waals surface area (Å²) >= 11 is 5.62. The summed E-state index contributed by atoms with van der Waals surface area (Å²) in [7, 11) is -3.45. The van der Waals surface area contributed by atoms with Gasteiger partial charge in [0.1, 0.15) is 0 Å². The first-order valence-electron chi connectivity index (χ1n) is 6.18. The summed E-state index contributed by atoms with van der Waals surface area (Å²) in [4.78, 5) is 11.1. The van der Waals surface area contributed by atoms with E-state index in [0.717, 1.165) is 5.56 Å². The molecular formula is C13H19ClN2O3S. The maximum atomic E-state index is 11.9. The first-order chi connectivity index (χ1) is 9.23. The number of halogens is 1. The van der Waals surface area contributed by atoms with E-state index in [9.17, 15) is 13.2 Å². The van der Waals surface area contributed by atoms with Crippen LogP contribution in [0.3, 0.4) is 0 Å². The Morgan fingerprint density at radius 3 is 2.60 bits per heavy atom. The van der Waals surface area contributed by atoms with Crippen molar-refractivity contribution in [3.8, 4) is 0 Å². The summed E-state index contributed by atoms with van der Waals surface area (Å²) in [5.41, 5.74) is 1.86. The molecule has 0 aliphatic heterocycles. The number of anilines is 2. The lowest BCUT2D eigenvalue weighted by molar-refractivity contribution is -0.114. The van der Waals surface area contributed by atoms with Crippen molar-refractivity contribution in [3.05, 3.63) is 23.8 Å². The molecule has 1 rings (SSSR count). The number of aryl methyl sites for hydroxylation is 1. The van der Waals surface area contributed by atoms with Crippen molar-refractivity contribution in [1.82, 2.24) is 0 Å². The van der Waals surface area contributed by atoms with Gasteiger partial charge in [0.15, 0.2) is 0 Å². The largest absolute Gasteiger partial charge is 0.326 e. The van der Waals surface area contributed by atoms with Gasteiger partial charge in [0.05, 0.1) is 11.4 Å². The lowest BCUT2D eigenvalue weighted by Gasteiger charge is -2.13. The van der Waals surface area contributed by atoms with Crippen LogP contribution >= 0.6 is 11.6 Å². The Hall–Kier alpha value is -1.27. The van der Waals surface area contributed by atoms with Gasteiger partial charge in [-0.05, 0) is 30.5 Å². The van der Waals surface area contributed by atoms with E-state index in [1.165, 1.54) is 6.92 Å². The number of sulfonamides is 1. The van der Waals surface area contributed by atoms with Crippen LogP contribution in [-0.2, 0) is 14.8 Å². The number of rotatable bonds is 6. The fraction of sp³-hybridized carbons (Fsp3) is 0.462. The van der Waals surface area contributed by atoms with E-state index in [2.05, 4.69) is 10.0 Å². The summed E-state index contributed by atoms with van der Waals surface area (Å²) in [6, 6.07) is 5.00. The van der Waals surface area contributed by atoms with Crippen molar-refractivity contribution in [2.24, 2.45) is 5.92 Å². The van der Waals surface area contributed by atoms with Crippen molar-refractivity contribution in [2.45, 2.75) is 20.8 Å². The highest BCUT2D eigenvalue weighted by Gasteiger charge is 2.15. The summed E-state index contributed by atoms with van der Waals surface area (Å²) in [5, 5.41) is 2.66. The molecule has 0 saturated heterocycles. The molecule has 0 saturated carbocycles. The average molecular weight is 319 g/mol. The quantitative estimate of drug-likeness (QED) is 0.792. The van der Waals surface area contributed by atoms with Gasteiger partial charge in [-0.15, -0.1) is 11.6 Å². The normalized spacial score (nSPS) is 12.8. The van der Waals surface area contributed by atoms with Gasteiger partial charge >= 0.3 is 0 Å². The highest BCUT2D eigenvalue weighted by molar-refractivity contribution is 7.92. The minimum atomic E-state index is -3.45. The van der Waals surface area contributed by atoms with Crippen molar-refractivity contribution in [1.29, 1.82) is 0 Å². The molecule has 0 aromatic heterocycles. The molecule has 0 spiro atoms. The van der Waals surface area contributed by atoms with Crippen LogP contribution in [-0.4, -0.2) is 26.0 Å². The van der Waals surface area contributed by atoms with E-state index in [1.54, 1.807) is 25.1 Å². The van der Waals surface area contributed by atoms with Crippen LogP contribution in [0.25, 0.3) is 0 Å². The van der Waals surface area contributed by atoms with Gasteiger partial charge in [-0.25, -0.2) is 8.42 Å². The molecule has 5 nitrogen and oxygen atoms in total. The van der Waals surface area contributed by atoms with Gasteiger partial charge in [0, 0.05) is 18.5 Å². The zero-order valence-corrected chi connectivity index (χ0v) is 13.3. The van der Waals surface area contributed by atoms with Crippen LogP contribution in [0.15, 0.2) is 18.2 Å². The molecule has 0 aliphatic carbocycles. The zero-order chi connectivity index (χ0) is 15.3. The molecule has 1 atom stereocenters. The molecule has 0 fully saturated rings.